The quantitative estimate of drug-likeness (QED) is 0.383. The Morgan fingerprint density at radius 3 is 2.30 bits per heavy atom. The van der Waals surface area contributed by atoms with E-state index in [1.807, 2.05) is 55.5 Å². The van der Waals surface area contributed by atoms with Crippen LogP contribution in [0.5, 0.6) is 0 Å². The van der Waals surface area contributed by atoms with Gasteiger partial charge in [-0.3, -0.25) is 9.10 Å². The van der Waals surface area contributed by atoms with Crippen LogP contribution in [0.4, 0.5) is 5.69 Å². The molecule has 8 heteroatoms. The van der Waals surface area contributed by atoms with Crippen LogP contribution in [0.25, 0.3) is 0 Å². The van der Waals surface area contributed by atoms with Crippen molar-refractivity contribution in [1.82, 2.24) is 5.32 Å². The number of rotatable bonds is 10. The van der Waals surface area contributed by atoms with E-state index in [1.165, 1.54) is 16.1 Å². The van der Waals surface area contributed by atoms with Gasteiger partial charge in [0.05, 0.1) is 18.5 Å². The van der Waals surface area contributed by atoms with Crippen molar-refractivity contribution in [2.45, 2.75) is 19.2 Å². The van der Waals surface area contributed by atoms with Gasteiger partial charge in [-0.25, -0.2) is 8.42 Å². The van der Waals surface area contributed by atoms with E-state index in [9.17, 15) is 13.2 Å². The molecule has 0 unspecified atom stereocenters. The van der Waals surface area contributed by atoms with Crippen LogP contribution in [-0.4, -0.2) is 32.9 Å². The number of nitrogens with zero attached hydrogens (tertiary/aromatic N) is 1. The minimum Gasteiger partial charge on any atom is -0.351 e. The number of halogens is 1. The molecule has 1 amide bonds. The van der Waals surface area contributed by atoms with Crippen molar-refractivity contribution in [3.63, 3.8) is 0 Å². The van der Waals surface area contributed by atoms with Gasteiger partial charge < -0.3 is 5.32 Å². The molecule has 3 rings (SSSR count). The van der Waals surface area contributed by atoms with E-state index in [-0.39, 0.29) is 12.5 Å². The van der Waals surface area contributed by atoms with Crippen LogP contribution in [-0.2, 0) is 22.3 Å². The Labute approximate surface area is 205 Å². The van der Waals surface area contributed by atoms with Gasteiger partial charge in [-0.1, -0.05) is 48.0 Å². The lowest BCUT2D eigenvalue weighted by atomic mass is 10.1. The van der Waals surface area contributed by atoms with Crippen molar-refractivity contribution in [2.24, 2.45) is 0 Å². The van der Waals surface area contributed by atoms with E-state index in [2.05, 4.69) is 5.32 Å². The van der Waals surface area contributed by atoms with E-state index in [0.29, 0.717) is 17.8 Å². The second-order valence-electron chi connectivity index (χ2n) is 7.68. The van der Waals surface area contributed by atoms with Crippen LogP contribution < -0.4 is 9.62 Å². The summed E-state index contributed by atoms with van der Waals surface area (Å²) in [5, 5.41) is 3.63. The predicted octanol–water partition coefficient (Wildman–Crippen LogP) is 5.28. The molecule has 5 nitrogen and oxygen atoms in total. The first-order chi connectivity index (χ1) is 15.7. The fraction of sp³-hybridized carbons (Fsp3) is 0.240. The third-order valence-corrected chi connectivity index (χ3v) is 7.53. The largest absolute Gasteiger partial charge is 0.351 e. The third kappa shape index (κ3) is 7.52. The SMILES string of the molecule is Cc1ccccc1CN(c1ccc(C(=O)NCCSCc2ccc(Cl)cc2)cc1)S(C)(=O)=O. The number of carbonyl (C=O) groups excluding carboxylic acids is 1. The van der Waals surface area contributed by atoms with Crippen molar-refractivity contribution in [3.05, 3.63) is 100 Å². The molecule has 0 aromatic heterocycles. The summed E-state index contributed by atoms with van der Waals surface area (Å²) in [6.45, 7) is 2.74. The standard InChI is InChI=1S/C25H27ClN2O3S2/c1-19-5-3-4-6-22(19)17-28(33(2,30)31)24-13-9-21(10-14-24)25(29)27-15-16-32-18-20-7-11-23(26)12-8-20/h3-14H,15-18H2,1-2H3,(H,27,29). The maximum absolute atomic E-state index is 12.5. The first-order valence-electron chi connectivity index (χ1n) is 10.5. The summed E-state index contributed by atoms with van der Waals surface area (Å²) in [6.07, 6.45) is 1.19. The first kappa shape index (κ1) is 25.1. The minimum absolute atomic E-state index is 0.182. The molecule has 0 aliphatic rings. The maximum Gasteiger partial charge on any atom is 0.251 e. The molecule has 1 N–H and O–H groups in total. The van der Waals surface area contributed by atoms with Crippen LogP contribution in [0, 0.1) is 6.92 Å². The molecule has 174 valence electrons. The fourth-order valence-corrected chi connectivity index (χ4v) is 5.05. The Kier molecular flexibility index (Phi) is 8.83. The van der Waals surface area contributed by atoms with Crippen LogP contribution in [0.2, 0.25) is 5.02 Å². The van der Waals surface area contributed by atoms with Gasteiger partial charge in [-0.05, 0) is 60.0 Å². The maximum atomic E-state index is 12.5. The van der Waals surface area contributed by atoms with E-state index in [1.54, 1.807) is 36.0 Å². The Balaban J connectivity index is 1.55. The average molecular weight is 503 g/mol. The van der Waals surface area contributed by atoms with Gasteiger partial charge in [-0.2, -0.15) is 11.8 Å². The summed E-state index contributed by atoms with van der Waals surface area (Å²) in [5.41, 5.74) is 4.16. The van der Waals surface area contributed by atoms with E-state index >= 15 is 0 Å². The van der Waals surface area contributed by atoms with Crippen LogP contribution in [0.3, 0.4) is 0 Å². The third-order valence-electron chi connectivity index (χ3n) is 5.11. The smallest absolute Gasteiger partial charge is 0.251 e. The summed E-state index contributed by atoms with van der Waals surface area (Å²) in [5.74, 6) is 1.45. The highest BCUT2D eigenvalue weighted by Crippen LogP contribution is 2.22. The molecule has 3 aromatic rings. The molecular formula is C25H27ClN2O3S2. The summed E-state index contributed by atoms with van der Waals surface area (Å²) in [4.78, 5) is 12.5. The summed E-state index contributed by atoms with van der Waals surface area (Å²) in [7, 11) is -3.49. The molecule has 3 aromatic carbocycles. The molecule has 0 spiro atoms. The van der Waals surface area contributed by atoms with E-state index < -0.39 is 10.0 Å². The minimum atomic E-state index is -3.49. The van der Waals surface area contributed by atoms with Gasteiger partial charge >= 0.3 is 0 Å². The number of carbonyl (C=O) groups is 1. The van der Waals surface area contributed by atoms with Crippen LogP contribution in [0.1, 0.15) is 27.0 Å². The molecule has 0 bridgehead atoms. The lowest BCUT2D eigenvalue weighted by molar-refractivity contribution is 0.0956. The topological polar surface area (TPSA) is 66.5 Å². The summed E-state index contributed by atoms with van der Waals surface area (Å²) >= 11 is 7.62. The zero-order chi connectivity index (χ0) is 23.8. The van der Waals surface area contributed by atoms with Gasteiger partial charge in [0, 0.05) is 28.6 Å². The number of nitrogens with one attached hydrogen (secondary N) is 1. The molecule has 0 radical (unpaired) electrons. The number of anilines is 1. The highest BCUT2D eigenvalue weighted by molar-refractivity contribution is 7.98. The van der Waals surface area contributed by atoms with Crippen molar-refractivity contribution >= 4 is 45.0 Å². The van der Waals surface area contributed by atoms with Gasteiger partial charge in [0.15, 0.2) is 0 Å². The molecule has 0 fully saturated rings. The Hall–Kier alpha value is -2.48. The average Bonchev–Trinajstić information content (AvgIpc) is 2.79. The molecule has 0 heterocycles. The summed E-state index contributed by atoms with van der Waals surface area (Å²) in [6, 6.07) is 22.1. The number of hydrogen-bond acceptors (Lipinski definition) is 4. The second kappa shape index (κ2) is 11.6. The van der Waals surface area contributed by atoms with Crippen molar-refractivity contribution < 1.29 is 13.2 Å². The van der Waals surface area contributed by atoms with Gasteiger partial charge in [0.1, 0.15) is 0 Å². The molecule has 33 heavy (non-hydrogen) atoms. The second-order valence-corrected chi connectivity index (χ2v) is 11.1. The van der Waals surface area contributed by atoms with Crippen molar-refractivity contribution in [2.75, 3.05) is 22.9 Å². The number of hydrogen-bond donors (Lipinski definition) is 1. The van der Waals surface area contributed by atoms with Gasteiger partial charge in [-0.15, -0.1) is 0 Å². The van der Waals surface area contributed by atoms with Gasteiger partial charge in [0.2, 0.25) is 10.0 Å². The van der Waals surface area contributed by atoms with Crippen molar-refractivity contribution in [3.8, 4) is 0 Å². The molecule has 0 aliphatic carbocycles. The Morgan fingerprint density at radius 2 is 1.67 bits per heavy atom. The first-order valence-corrected chi connectivity index (χ1v) is 13.8. The molecular weight excluding hydrogens is 476 g/mol. The monoisotopic (exact) mass is 502 g/mol. The zero-order valence-electron chi connectivity index (χ0n) is 18.6. The highest BCUT2D eigenvalue weighted by Gasteiger charge is 2.19. The van der Waals surface area contributed by atoms with Crippen LogP contribution in [0.15, 0.2) is 72.8 Å². The lowest BCUT2D eigenvalue weighted by Crippen LogP contribution is -2.30. The lowest BCUT2D eigenvalue weighted by Gasteiger charge is -2.23. The molecule has 0 aliphatic heterocycles. The predicted molar refractivity (Wildman–Crippen MR) is 139 cm³/mol. The summed E-state index contributed by atoms with van der Waals surface area (Å²) < 4.78 is 26.2. The Morgan fingerprint density at radius 1 is 1.00 bits per heavy atom. The van der Waals surface area contributed by atoms with E-state index in [0.717, 1.165) is 27.7 Å². The molecule has 0 saturated carbocycles. The van der Waals surface area contributed by atoms with E-state index in [4.69, 9.17) is 11.6 Å². The number of amides is 1. The fourth-order valence-electron chi connectivity index (χ4n) is 3.23. The Bertz CT molecular complexity index is 1180. The zero-order valence-corrected chi connectivity index (χ0v) is 21.0. The van der Waals surface area contributed by atoms with Crippen LogP contribution >= 0.6 is 23.4 Å². The number of sulfonamides is 1. The molecule has 0 saturated heterocycles. The highest BCUT2D eigenvalue weighted by atomic mass is 35.5. The van der Waals surface area contributed by atoms with Gasteiger partial charge in [0.25, 0.3) is 5.91 Å². The number of thioether (sulfide) groups is 1. The molecule has 0 atom stereocenters. The number of benzene rings is 3. The number of aryl methyl sites for hydroxylation is 1. The van der Waals surface area contributed by atoms with Crippen molar-refractivity contribution in [1.29, 1.82) is 0 Å². The normalized spacial score (nSPS) is 11.2.